The van der Waals surface area contributed by atoms with Gasteiger partial charge in [0.05, 0.1) is 5.52 Å². The third kappa shape index (κ3) is 2.41. The molecule has 3 rings (SSSR count). The van der Waals surface area contributed by atoms with Crippen molar-refractivity contribution in [3.8, 4) is 0 Å². The number of halogens is 1. The van der Waals surface area contributed by atoms with Gasteiger partial charge in [0.2, 0.25) is 5.95 Å². The highest BCUT2D eigenvalue weighted by Crippen LogP contribution is 2.22. The van der Waals surface area contributed by atoms with Crippen LogP contribution in [0, 0.1) is 0 Å². The van der Waals surface area contributed by atoms with Crippen LogP contribution in [-0.4, -0.2) is 16.0 Å². The topological polar surface area (TPSA) is 37.8 Å². The molecule has 0 saturated heterocycles. The molecule has 88 valence electrons. The fourth-order valence-electron chi connectivity index (χ4n) is 2.33. The first-order valence-corrected chi connectivity index (χ1v) is 6.79. The molecule has 0 atom stereocenters. The Morgan fingerprint density at radius 3 is 2.88 bits per heavy atom. The lowest BCUT2D eigenvalue weighted by molar-refractivity contribution is 0.745. The van der Waals surface area contributed by atoms with E-state index in [1.54, 1.807) is 0 Å². The van der Waals surface area contributed by atoms with E-state index in [0.717, 1.165) is 21.3 Å². The molecule has 0 spiro atoms. The Bertz CT molecular complexity index is 535. The smallest absolute Gasteiger partial charge is 0.223 e. The lowest BCUT2D eigenvalue weighted by atomic mass is 10.2. The maximum atomic E-state index is 4.54. The molecule has 1 aliphatic rings. The summed E-state index contributed by atoms with van der Waals surface area (Å²) in [7, 11) is 0. The highest BCUT2D eigenvalue weighted by Gasteiger charge is 2.15. The summed E-state index contributed by atoms with van der Waals surface area (Å²) >= 11 is 3.45. The van der Waals surface area contributed by atoms with Crippen LogP contribution in [0.15, 0.2) is 28.9 Å². The second-order valence-corrected chi connectivity index (χ2v) is 5.44. The molecule has 3 nitrogen and oxygen atoms in total. The van der Waals surface area contributed by atoms with Gasteiger partial charge in [0.15, 0.2) is 0 Å². The van der Waals surface area contributed by atoms with E-state index in [1.807, 2.05) is 24.4 Å². The van der Waals surface area contributed by atoms with Crippen molar-refractivity contribution in [3.05, 3.63) is 28.9 Å². The molecule has 4 heteroatoms. The van der Waals surface area contributed by atoms with Gasteiger partial charge in [0.25, 0.3) is 0 Å². The highest BCUT2D eigenvalue weighted by atomic mass is 79.9. The number of rotatable bonds is 2. The van der Waals surface area contributed by atoms with Crippen LogP contribution < -0.4 is 5.32 Å². The Morgan fingerprint density at radius 1 is 1.24 bits per heavy atom. The second-order valence-electron chi connectivity index (χ2n) is 4.52. The summed E-state index contributed by atoms with van der Waals surface area (Å²) in [6.45, 7) is 0. The van der Waals surface area contributed by atoms with Crippen molar-refractivity contribution in [1.82, 2.24) is 9.97 Å². The molecule has 0 amide bonds. The van der Waals surface area contributed by atoms with Gasteiger partial charge in [0.1, 0.15) is 0 Å². The number of nitrogens with zero attached hydrogens (tertiary/aromatic N) is 2. The minimum absolute atomic E-state index is 0.558. The summed E-state index contributed by atoms with van der Waals surface area (Å²) in [6.07, 6.45) is 6.99. The summed E-state index contributed by atoms with van der Waals surface area (Å²) < 4.78 is 1.06. The number of fused-ring (bicyclic) bond motifs is 1. The highest BCUT2D eigenvalue weighted by molar-refractivity contribution is 9.10. The van der Waals surface area contributed by atoms with Gasteiger partial charge < -0.3 is 5.32 Å². The zero-order valence-corrected chi connectivity index (χ0v) is 11.1. The molecule has 1 aliphatic carbocycles. The predicted molar refractivity (Wildman–Crippen MR) is 73.1 cm³/mol. The fourth-order valence-corrected chi connectivity index (χ4v) is 2.71. The standard InChI is InChI=1S/C13H14BrN3/c14-10-5-6-12-9(7-10)8-15-13(17-12)16-11-3-1-2-4-11/h5-8,11H,1-4H2,(H,15,16,17). The van der Waals surface area contributed by atoms with Gasteiger partial charge in [-0.3, -0.25) is 0 Å². The molecule has 0 aliphatic heterocycles. The second kappa shape index (κ2) is 4.61. The molecule has 0 unspecified atom stereocenters. The van der Waals surface area contributed by atoms with Crippen molar-refractivity contribution in [2.75, 3.05) is 5.32 Å². The number of anilines is 1. The zero-order valence-electron chi connectivity index (χ0n) is 9.49. The third-order valence-electron chi connectivity index (χ3n) is 3.23. The van der Waals surface area contributed by atoms with E-state index in [4.69, 9.17) is 0 Å². The minimum atomic E-state index is 0.558. The van der Waals surface area contributed by atoms with Crippen LogP contribution in [0.1, 0.15) is 25.7 Å². The van der Waals surface area contributed by atoms with Crippen molar-refractivity contribution in [1.29, 1.82) is 0 Å². The van der Waals surface area contributed by atoms with E-state index in [1.165, 1.54) is 25.7 Å². The lowest BCUT2D eigenvalue weighted by Crippen LogP contribution is -2.16. The Kier molecular flexibility index (Phi) is 2.97. The summed E-state index contributed by atoms with van der Waals surface area (Å²) in [5.41, 5.74) is 0.990. The quantitative estimate of drug-likeness (QED) is 0.916. The van der Waals surface area contributed by atoms with Crippen molar-refractivity contribution in [2.24, 2.45) is 0 Å². The van der Waals surface area contributed by atoms with E-state index in [2.05, 4.69) is 31.2 Å². The van der Waals surface area contributed by atoms with E-state index >= 15 is 0 Å². The van der Waals surface area contributed by atoms with Crippen molar-refractivity contribution >= 4 is 32.8 Å². The van der Waals surface area contributed by atoms with E-state index < -0.39 is 0 Å². The average Bonchev–Trinajstić information content (AvgIpc) is 2.82. The molecular formula is C13H14BrN3. The Morgan fingerprint density at radius 2 is 2.06 bits per heavy atom. The number of hydrogen-bond acceptors (Lipinski definition) is 3. The molecule has 1 N–H and O–H groups in total. The first-order chi connectivity index (χ1) is 8.31. The van der Waals surface area contributed by atoms with Gasteiger partial charge in [-0.05, 0) is 31.0 Å². The molecule has 1 aromatic carbocycles. The SMILES string of the molecule is Brc1ccc2nc(NC3CCCC3)ncc2c1. The van der Waals surface area contributed by atoms with Gasteiger partial charge in [0, 0.05) is 22.1 Å². The van der Waals surface area contributed by atoms with Crippen LogP contribution in [0.2, 0.25) is 0 Å². The summed E-state index contributed by atoms with van der Waals surface area (Å²) in [5, 5.41) is 4.48. The molecule has 17 heavy (non-hydrogen) atoms. The molecule has 1 saturated carbocycles. The maximum absolute atomic E-state index is 4.54. The summed E-state index contributed by atoms with van der Waals surface area (Å²) in [5.74, 6) is 0.756. The Hall–Kier alpha value is -1.16. The van der Waals surface area contributed by atoms with E-state index in [9.17, 15) is 0 Å². The molecule has 1 heterocycles. The Balaban J connectivity index is 1.88. The van der Waals surface area contributed by atoms with Gasteiger partial charge in [-0.25, -0.2) is 9.97 Å². The third-order valence-corrected chi connectivity index (χ3v) is 3.72. The molecule has 2 aromatic rings. The molecule has 1 fully saturated rings. The molecule has 0 radical (unpaired) electrons. The lowest BCUT2D eigenvalue weighted by Gasteiger charge is -2.11. The molecule has 1 aromatic heterocycles. The fraction of sp³-hybridized carbons (Fsp3) is 0.385. The van der Waals surface area contributed by atoms with Crippen LogP contribution in [0.25, 0.3) is 10.9 Å². The number of hydrogen-bond donors (Lipinski definition) is 1. The van der Waals surface area contributed by atoms with Gasteiger partial charge in [-0.15, -0.1) is 0 Å². The van der Waals surface area contributed by atoms with Crippen LogP contribution in [0.5, 0.6) is 0 Å². The van der Waals surface area contributed by atoms with Crippen molar-refractivity contribution in [2.45, 2.75) is 31.7 Å². The van der Waals surface area contributed by atoms with Gasteiger partial charge in [-0.2, -0.15) is 0 Å². The first-order valence-electron chi connectivity index (χ1n) is 6.00. The van der Waals surface area contributed by atoms with Crippen LogP contribution >= 0.6 is 15.9 Å². The van der Waals surface area contributed by atoms with E-state index in [-0.39, 0.29) is 0 Å². The maximum Gasteiger partial charge on any atom is 0.223 e. The summed E-state index contributed by atoms with van der Waals surface area (Å²) in [4.78, 5) is 8.91. The predicted octanol–water partition coefficient (Wildman–Crippen LogP) is 3.75. The monoisotopic (exact) mass is 291 g/mol. The van der Waals surface area contributed by atoms with Gasteiger partial charge in [-0.1, -0.05) is 28.8 Å². The van der Waals surface area contributed by atoms with Crippen LogP contribution in [0.4, 0.5) is 5.95 Å². The number of aromatic nitrogens is 2. The first kappa shape index (κ1) is 11.0. The summed E-state index contributed by atoms with van der Waals surface area (Å²) in [6, 6.07) is 6.62. The van der Waals surface area contributed by atoms with Crippen LogP contribution in [-0.2, 0) is 0 Å². The molecular weight excluding hydrogens is 278 g/mol. The normalized spacial score (nSPS) is 16.5. The van der Waals surface area contributed by atoms with E-state index in [0.29, 0.717) is 6.04 Å². The van der Waals surface area contributed by atoms with Crippen molar-refractivity contribution < 1.29 is 0 Å². The zero-order chi connectivity index (χ0) is 11.7. The number of benzene rings is 1. The molecule has 0 bridgehead atoms. The van der Waals surface area contributed by atoms with Crippen molar-refractivity contribution in [3.63, 3.8) is 0 Å². The Labute approximate surface area is 109 Å². The average molecular weight is 292 g/mol. The number of nitrogens with one attached hydrogen (secondary N) is 1. The van der Waals surface area contributed by atoms with Gasteiger partial charge >= 0.3 is 0 Å². The van der Waals surface area contributed by atoms with Crippen LogP contribution in [0.3, 0.4) is 0 Å². The largest absolute Gasteiger partial charge is 0.351 e. The minimum Gasteiger partial charge on any atom is -0.351 e.